The lowest BCUT2D eigenvalue weighted by molar-refractivity contribution is -0.356. The number of carbonyl (C=O) groups excluding carboxylic acids is 2. The van der Waals surface area contributed by atoms with Crippen LogP contribution in [0.25, 0.3) is 0 Å². The number of rotatable bonds is 3. The highest BCUT2D eigenvalue weighted by Crippen LogP contribution is 2.72. The molecule has 0 radical (unpaired) electrons. The van der Waals surface area contributed by atoms with E-state index in [0.29, 0.717) is 19.4 Å². The fourth-order valence-corrected chi connectivity index (χ4v) is 8.33. The lowest BCUT2D eigenvalue weighted by Gasteiger charge is -2.71. The highest BCUT2D eigenvalue weighted by Gasteiger charge is 2.78. The summed E-state index contributed by atoms with van der Waals surface area (Å²) in [6.45, 7) is 4.16. The zero-order valence-corrected chi connectivity index (χ0v) is 19.0. The molecule has 7 atom stereocenters. The Balaban J connectivity index is 1.60. The lowest BCUT2D eigenvalue weighted by Crippen LogP contribution is -2.79. The zero-order valence-electron chi connectivity index (χ0n) is 16.8. The van der Waals surface area contributed by atoms with Crippen LogP contribution in [0.4, 0.5) is 0 Å². The van der Waals surface area contributed by atoms with Crippen molar-refractivity contribution in [2.45, 2.75) is 63.8 Å². The molecule has 1 aromatic rings. The van der Waals surface area contributed by atoms with Crippen LogP contribution in [0.3, 0.4) is 0 Å². The summed E-state index contributed by atoms with van der Waals surface area (Å²) in [6, 6.07) is 1.88. The summed E-state index contributed by atoms with van der Waals surface area (Å²) >= 11 is 2.40. The van der Waals surface area contributed by atoms with E-state index in [1.165, 1.54) is 6.92 Å². The third-order valence-corrected chi connectivity index (χ3v) is 9.60. The molecular weight excluding hydrogens is 487 g/mol. The first-order valence-corrected chi connectivity index (χ1v) is 12.0. The molecule has 0 bridgehead atoms. The largest absolute Gasteiger partial charge is 0.472 e. The van der Waals surface area contributed by atoms with Gasteiger partial charge in [0.2, 0.25) is 0 Å². The molecule has 2 saturated carbocycles. The third-order valence-electron chi connectivity index (χ3n) is 8.37. The van der Waals surface area contributed by atoms with Gasteiger partial charge in [0.1, 0.15) is 12.2 Å². The number of cyclic esters (lactones) is 1. The number of alkyl halides is 1. The smallest absolute Gasteiger partial charge is 0.313 e. The molecule has 0 aromatic carbocycles. The Kier molecular flexibility index (Phi) is 4.59. The average Bonchev–Trinajstić information content (AvgIpc) is 3.29. The Bertz CT molecular complexity index is 819. The van der Waals surface area contributed by atoms with E-state index in [-0.39, 0.29) is 47.0 Å². The Hall–Kier alpha value is -1.09. The van der Waals surface area contributed by atoms with Crippen LogP contribution >= 0.6 is 22.6 Å². The summed E-state index contributed by atoms with van der Waals surface area (Å²) in [6.07, 6.45) is 7.04. The molecule has 0 amide bonds. The molecule has 4 fully saturated rings. The number of carbonyl (C=O) groups is 2. The normalized spacial score (nSPS) is 45.8. The van der Waals surface area contributed by atoms with Crippen LogP contribution in [-0.2, 0) is 23.8 Å². The fourth-order valence-electron chi connectivity index (χ4n) is 7.01. The molecule has 29 heavy (non-hydrogen) atoms. The van der Waals surface area contributed by atoms with Crippen LogP contribution in [0.15, 0.2) is 23.0 Å². The van der Waals surface area contributed by atoms with Crippen LogP contribution < -0.4 is 0 Å². The summed E-state index contributed by atoms with van der Waals surface area (Å²) in [5.41, 5.74) is -0.286. The van der Waals surface area contributed by atoms with Crippen molar-refractivity contribution in [2.24, 2.45) is 22.7 Å². The van der Waals surface area contributed by atoms with Crippen molar-refractivity contribution < 1.29 is 28.2 Å². The van der Waals surface area contributed by atoms with E-state index in [9.17, 15) is 9.59 Å². The van der Waals surface area contributed by atoms with E-state index >= 15 is 0 Å². The van der Waals surface area contributed by atoms with Gasteiger partial charge in [-0.05, 0) is 37.2 Å². The quantitative estimate of drug-likeness (QED) is 0.342. The van der Waals surface area contributed by atoms with Crippen LogP contribution in [0, 0.1) is 22.7 Å². The van der Waals surface area contributed by atoms with Gasteiger partial charge in [-0.1, -0.05) is 35.9 Å². The molecule has 2 spiro atoms. The van der Waals surface area contributed by atoms with Gasteiger partial charge in [0, 0.05) is 23.3 Å². The summed E-state index contributed by atoms with van der Waals surface area (Å²) in [7, 11) is 0. The molecule has 5 rings (SSSR count). The number of fused-ring (bicyclic) bond motifs is 1. The number of hydrogen-bond acceptors (Lipinski definition) is 6. The summed E-state index contributed by atoms with van der Waals surface area (Å²) in [5.74, 6) is -0.198. The van der Waals surface area contributed by atoms with Crippen molar-refractivity contribution >= 4 is 34.5 Å². The second kappa shape index (κ2) is 6.70. The predicted molar refractivity (Wildman–Crippen MR) is 111 cm³/mol. The SMILES string of the molecule is CC(=O)O[C@H]1C[C@@H](C)[C@@]2(C[C@@H](c3ccoc3)OC2=O)[C@H]2CCC[C@@]3(CI)OC[C@@]123. The van der Waals surface area contributed by atoms with Gasteiger partial charge in [0.15, 0.2) is 0 Å². The van der Waals surface area contributed by atoms with Crippen molar-refractivity contribution in [3.8, 4) is 0 Å². The van der Waals surface area contributed by atoms with Crippen LogP contribution in [0.1, 0.15) is 57.6 Å². The lowest BCUT2D eigenvalue weighted by atomic mass is 9.40. The first kappa shape index (κ1) is 19.8. The maximum atomic E-state index is 13.5. The molecule has 6 nitrogen and oxygen atoms in total. The van der Waals surface area contributed by atoms with Crippen molar-refractivity contribution in [3.05, 3.63) is 24.2 Å². The molecule has 3 heterocycles. The maximum absolute atomic E-state index is 13.5. The van der Waals surface area contributed by atoms with Crippen molar-refractivity contribution in [1.29, 1.82) is 0 Å². The molecule has 7 heteroatoms. The molecule has 4 aliphatic rings. The van der Waals surface area contributed by atoms with Gasteiger partial charge in [0.25, 0.3) is 0 Å². The first-order valence-electron chi connectivity index (χ1n) is 10.5. The van der Waals surface area contributed by atoms with Gasteiger partial charge in [-0.2, -0.15) is 0 Å². The second-order valence-corrected chi connectivity index (χ2v) is 10.1. The van der Waals surface area contributed by atoms with Crippen LogP contribution in [0.2, 0.25) is 0 Å². The van der Waals surface area contributed by atoms with Crippen molar-refractivity contribution in [2.75, 3.05) is 11.0 Å². The highest BCUT2D eigenvalue weighted by atomic mass is 127. The van der Waals surface area contributed by atoms with Crippen LogP contribution in [-0.4, -0.2) is 34.7 Å². The topological polar surface area (TPSA) is 75.0 Å². The van der Waals surface area contributed by atoms with Gasteiger partial charge < -0.3 is 18.6 Å². The summed E-state index contributed by atoms with van der Waals surface area (Å²) in [4.78, 5) is 25.5. The molecule has 2 aliphatic carbocycles. The van der Waals surface area contributed by atoms with Gasteiger partial charge >= 0.3 is 11.9 Å². The molecule has 2 aliphatic heterocycles. The minimum atomic E-state index is -0.570. The highest BCUT2D eigenvalue weighted by molar-refractivity contribution is 14.1. The number of hydrogen-bond donors (Lipinski definition) is 0. The van der Waals surface area contributed by atoms with Gasteiger partial charge in [-0.15, -0.1) is 0 Å². The van der Waals surface area contributed by atoms with Gasteiger partial charge in [-0.25, -0.2) is 0 Å². The van der Waals surface area contributed by atoms with E-state index in [2.05, 4.69) is 29.5 Å². The molecule has 158 valence electrons. The number of esters is 2. The number of ether oxygens (including phenoxy) is 3. The number of halogens is 1. The van der Waals surface area contributed by atoms with Gasteiger partial charge in [0.05, 0.1) is 35.6 Å². The van der Waals surface area contributed by atoms with Crippen LogP contribution in [0.5, 0.6) is 0 Å². The van der Waals surface area contributed by atoms with E-state index in [1.807, 2.05) is 6.07 Å². The first-order chi connectivity index (χ1) is 13.9. The zero-order chi connectivity index (χ0) is 20.4. The van der Waals surface area contributed by atoms with Crippen molar-refractivity contribution in [1.82, 2.24) is 0 Å². The predicted octanol–water partition coefficient (Wildman–Crippen LogP) is 4.22. The second-order valence-electron chi connectivity index (χ2n) is 9.33. The molecule has 2 saturated heterocycles. The van der Waals surface area contributed by atoms with Gasteiger partial charge in [-0.3, -0.25) is 9.59 Å². The summed E-state index contributed by atoms with van der Waals surface area (Å²) < 4.78 is 24.2. The van der Waals surface area contributed by atoms with E-state index in [0.717, 1.165) is 29.3 Å². The minimum Gasteiger partial charge on any atom is -0.472 e. The third kappa shape index (κ3) is 2.43. The molecule has 0 N–H and O–H groups in total. The Morgan fingerprint density at radius 1 is 1.41 bits per heavy atom. The van der Waals surface area contributed by atoms with E-state index in [1.54, 1.807) is 12.5 Å². The minimum absolute atomic E-state index is 0.0671. The average molecular weight is 514 g/mol. The fraction of sp³-hybridized carbons (Fsp3) is 0.727. The standard InChI is InChI=1S/C22H27IO6/c1-13-8-18(28-14(2)24)22-12-27-20(22,11-23)6-3-4-17(22)21(13)9-16(29-19(21)25)15-5-7-26-10-15/h5,7,10,13,16-18H,3-4,6,8-9,11-12H2,1-2H3/t13-,16+,17-,18+,20+,21+,22+/m1/s1. The summed E-state index contributed by atoms with van der Waals surface area (Å²) in [5, 5.41) is 0. The maximum Gasteiger partial charge on any atom is 0.313 e. The van der Waals surface area contributed by atoms with E-state index < -0.39 is 5.41 Å². The molecular formula is C22H27IO6. The molecule has 1 aromatic heterocycles. The number of furan rings is 1. The molecule has 0 unspecified atom stereocenters. The van der Waals surface area contributed by atoms with E-state index in [4.69, 9.17) is 18.6 Å². The Morgan fingerprint density at radius 2 is 2.24 bits per heavy atom. The Morgan fingerprint density at radius 3 is 2.86 bits per heavy atom. The Labute approximate surface area is 184 Å². The monoisotopic (exact) mass is 514 g/mol. The van der Waals surface area contributed by atoms with Crippen molar-refractivity contribution in [3.63, 3.8) is 0 Å².